The van der Waals surface area contributed by atoms with Gasteiger partial charge in [-0.3, -0.25) is 13.9 Å². The number of nitrogen functional groups attached to an aromatic ring is 1. The Morgan fingerprint density at radius 3 is 2.48 bits per heavy atom. The van der Waals surface area contributed by atoms with Crippen molar-refractivity contribution >= 4 is 36.6 Å². The Morgan fingerprint density at radius 1 is 1.18 bits per heavy atom. The fraction of sp³-hybridized carbons (Fsp3) is 0.520. The van der Waals surface area contributed by atoms with Gasteiger partial charge in [0.05, 0.1) is 25.1 Å². The minimum absolute atomic E-state index is 0.0547. The van der Waals surface area contributed by atoms with Crippen LogP contribution in [0.4, 0.5) is 11.8 Å². The molecule has 0 aliphatic rings. The Hall–Kier alpha value is -3.29. The smallest absolute Gasteiger partial charge is 0.459 e. The summed E-state index contributed by atoms with van der Waals surface area (Å²) in [4.78, 5) is 25.2. The third kappa shape index (κ3) is 8.12. The van der Waals surface area contributed by atoms with Gasteiger partial charge in [-0.15, -0.1) is 0 Å². The number of benzene rings is 1. The highest BCUT2D eigenvalue weighted by atomic mass is 31.2. The average molecular weight is 580 g/mol. The average Bonchev–Trinajstić information content (AvgIpc) is 3.31. The SMILES string of the molecule is CC[C@@H](O[C@H](COP(=O)(N[C@@H](C)C(=O)OC(C)C)Oc1ccccc1)[C@H](C)O)n1cnc2c(NC)nc(N)nc21. The molecule has 0 aliphatic carbocycles. The molecule has 14 nitrogen and oxygen atoms in total. The molecule has 0 radical (unpaired) electrons. The summed E-state index contributed by atoms with van der Waals surface area (Å²) in [7, 11) is -2.47. The number of nitrogens with one attached hydrogen (secondary N) is 2. The summed E-state index contributed by atoms with van der Waals surface area (Å²) in [5.74, 6) is 0.144. The molecule has 15 heteroatoms. The number of carbonyl (C=O) groups is 1. The van der Waals surface area contributed by atoms with Crippen LogP contribution in [-0.4, -0.2) is 68.6 Å². The van der Waals surface area contributed by atoms with Crippen molar-refractivity contribution in [2.45, 2.75) is 71.6 Å². The summed E-state index contributed by atoms with van der Waals surface area (Å²) in [6, 6.07) is 7.36. The van der Waals surface area contributed by atoms with E-state index in [4.69, 9.17) is 24.3 Å². The van der Waals surface area contributed by atoms with E-state index in [1.165, 1.54) is 13.8 Å². The number of para-hydroxylation sites is 1. The molecule has 0 saturated heterocycles. The van der Waals surface area contributed by atoms with Gasteiger partial charge in [-0.25, -0.2) is 9.55 Å². The number of aliphatic hydroxyl groups is 1. The van der Waals surface area contributed by atoms with E-state index < -0.39 is 38.2 Å². The van der Waals surface area contributed by atoms with E-state index in [1.807, 2.05) is 6.92 Å². The molecule has 0 bridgehead atoms. The number of anilines is 2. The number of fused-ring (bicyclic) bond motifs is 1. The van der Waals surface area contributed by atoms with E-state index in [2.05, 4.69) is 25.4 Å². The van der Waals surface area contributed by atoms with E-state index in [0.29, 0.717) is 23.4 Å². The van der Waals surface area contributed by atoms with Crippen LogP contribution >= 0.6 is 7.75 Å². The molecule has 0 amide bonds. The first-order valence-electron chi connectivity index (χ1n) is 12.9. The molecule has 0 spiro atoms. The Balaban J connectivity index is 1.82. The lowest BCUT2D eigenvalue weighted by molar-refractivity contribution is -0.149. The van der Waals surface area contributed by atoms with Crippen molar-refractivity contribution in [2.75, 3.05) is 24.7 Å². The molecule has 0 saturated carbocycles. The van der Waals surface area contributed by atoms with Gasteiger partial charge in [-0.1, -0.05) is 25.1 Å². The number of carbonyl (C=O) groups excluding carboxylic acids is 1. The Kier molecular flexibility index (Phi) is 10.8. The minimum atomic E-state index is -4.16. The van der Waals surface area contributed by atoms with Crippen LogP contribution < -0.4 is 20.7 Å². The van der Waals surface area contributed by atoms with Crippen LogP contribution in [0.2, 0.25) is 0 Å². The Morgan fingerprint density at radius 2 is 1.88 bits per heavy atom. The summed E-state index contributed by atoms with van der Waals surface area (Å²) >= 11 is 0. The largest absolute Gasteiger partial charge is 0.462 e. The fourth-order valence-electron chi connectivity index (χ4n) is 3.68. The normalized spacial score (nSPS) is 16.2. The zero-order valence-corrected chi connectivity index (χ0v) is 24.4. The predicted octanol–water partition coefficient (Wildman–Crippen LogP) is 3.26. The van der Waals surface area contributed by atoms with Crippen LogP contribution in [0.3, 0.4) is 0 Å². The van der Waals surface area contributed by atoms with Crippen molar-refractivity contribution in [3.8, 4) is 5.75 Å². The number of imidazole rings is 1. The number of hydrogen-bond donors (Lipinski definition) is 4. The first kappa shape index (κ1) is 31.2. The fourth-order valence-corrected chi connectivity index (χ4v) is 5.18. The third-order valence-corrected chi connectivity index (χ3v) is 7.28. The second kappa shape index (κ2) is 13.9. The Bertz CT molecular complexity index is 1310. The van der Waals surface area contributed by atoms with Crippen molar-refractivity contribution < 1.29 is 33.0 Å². The van der Waals surface area contributed by atoms with Crippen LogP contribution in [-0.2, 0) is 23.4 Å². The van der Waals surface area contributed by atoms with Gasteiger partial charge in [0.25, 0.3) is 0 Å². The molecule has 5 N–H and O–H groups in total. The molecule has 0 fully saturated rings. The van der Waals surface area contributed by atoms with Crippen LogP contribution in [0.5, 0.6) is 5.75 Å². The van der Waals surface area contributed by atoms with Gasteiger partial charge in [0.1, 0.15) is 24.1 Å². The van der Waals surface area contributed by atoms with E-state index in [9.17, 15) is 14.5 Å². The van der Waals surface area contributed by atoms with E-state index in [-0.39, 0.29) is 24.4 Å². The molecule has 220 valence electrons. The molecule has 2 heterocycles. The summed E-state index contributed by atoms with van der Waals surface area (Å²) in [5.41, 5.74) is 6.81. The maximum absolute atomic E-state index is 13.8. The zero-order valence-electron chi connectivity index (χ0n) is 23.5. The lowest BCUT2D eigenvalue weighted by atomic mass is 10.2. The highest BCUT2D eigenvalue weighted by Crippen LogP contribution is 2.45. The van der Waals surface area contributed by atoms with Gasteiger partial charge >= 0.3 is 13.7 Å². The first-order chi connectivity index (χ1) is 19.0. The second-order valence-corrected chi connectivity index (χ2v) is 11.0. The molecule has 40 heavy (non-hydrogen) atoms. The van der Waals surface area contributed by atoms with Gasteiger partial charge in [0, 0.05) is 7.05 Å². The summed E-state index contributed by atoms with van der Waals surface area (Å²) in [6.45, 7) is 7.96. The first-order valence-corrected chi connectivity index (χ1v) is 14.5. The van der Waals surface area contributed by atoms with Gasteiger partial charge in [0.2, 0.25) is 5.95 Å². The molecule has 3 aromatic rings. The van der Waals surface area contributed by atoms with Gasteiger partial charge in [-0.2, -0.15) is 15.1 Å². The molecular weight excluding hydrogens is 541 g/mol. The monoisotopic (exact) mass is 579 g/mol. The summed E-state index contributed by atoms with van der Waals surface area (Å²) in [5, 5.41) is 16.1. The van der Waals surface area contributed by atoms with Crippen molar-refractivity contribution in [2.24, 2.45) is 0 Å². The number of ether oxygens (including phenoxy) is 2. The van der Waals surface area contributed by atoms with Gasteiger partial charge < -0.3 is 30.2 Å². The molecule has 0 aliphatic heterocycles. The number of esters is 1. The Labute approximate surface area is 233 Å². The van der Waals surface area contributed by atoms with Crippen molar-refractivity contribution in [3.63, 3.8) is 0 Å². The molecular formula is C25H38N7O7P. The molecule has 1 aromatic carbocycles. The minimum Gasteiger partial charge on any atom is -0.462 e. The predicted molar refractivity (Wildman–Crippen MR) is 150 cm³/mol. The quantitative estimate of drug-likeness (QED) is 0.152. The topological polar surface area (TPSA) is 185 Å². The maximum atomic E-state index is 13.8. The van der Waals surface area contributed by atoms with E-state index >= 15 is 0 Å². The van der Waals surface area contributed by atoms with Crippen molar-refractivity contribution in [1.82, 2.24) is 24.6 Å². The lowest BCUT2D eigenvalue weighted by Crippen LogP contribution is -2.38. The van der Waals surface area contributed by atoms with Crippen LogP contribution in [0.25, 0.3) is 11.2 Å². The number of hydrogen-bond acceptors (Lipinski definition) is 12. The van der Waals surface area contributed by atoms with Crippen LogP contribution in [0.15, 0.2) is 36.7 Å². The van der Waals surface area contributed by atoms with Crippen molar-refractivity contribution in [3.05, 3.63) is 36.7 Å². The van der Waals surface area contributed by atoms with Gasteiger partial charge in [-0.05, 0) is 46.2 Å². The summed E-state index contributed by atoms with van der Waals surface area (Å²) < 4.78 is 38.3. The molecule has 2 aromatic heterocycles. The maximum Gasteiger partial charge on any atom is 0.459 e. The highest BCUT2D eigenvalue weighted by Gasteiger charge is 2.35. The number of aliphatic hydroxyl groups excluding tert-OH is 1. The number of rotatable bonds is 15. The lowest BCUT2D eigenvalue weighted by Gasteiger charge is -2.29. The number of nitrogens with two attached hydrogens (primary N) is 1. The summed E-state index contributed by atoms with van der Waals surface area (Å²) in [6.07, 6.45) is -1.00. The van der Waals surface area contributed by atoms with Gasteiger partial charge in [0.15, 0.2) is 17.0 Å². The highest BCUT2D eigenvalue weighted by molar-refractivity contribution is 7.52. The third-order valence-electron chi connectivity index (χ3n) is 5.64. The van der Waals surface area contributed by atoms with E-state index in [0.717, 1.165) is 0 Å². The van der Waals surface area contributed by atoms with Crippen LogP contribution in [0, 0.1) is 0 Å². The molecule has 5 atom stereocenters. The van der Waals surface area contributed by atoms with Crippen molar-refractivity contribution in [1.29, 1.82) is 0 Å². The zero-order chi connectivity index (χ0) is 29.4. The number of nitrogens with zero attached hydrogens (tertiary/aromatic N) is 4. The molecule has 1 unspecified atom stereocenters. The number of aromatic nitrogens is 4. The molecule has 3 rings (SSSR count). The standard InChI is InChI=1S/C25H38N7O7P/c1-7-20(32-14-28-21-22(27-6)29-25(26)30-23(21)32)38-19(17(5)33)13-36-40(35,39-18-11-9-8-10-12-18)31-16(4)24(34)37-15(2)3/h8-12,14-17,19-20,33H,7,13H2,1-6H3,(H,31,35)(H3,26,27,29,30)/t16-,17-,19+,20+,40?/m0/s1. The van der Waals surface area contributed by atoms with Crippen LogP contribution in [0.1, 0.15) is 47.3 Å². The van der Waals surface area contributed by atoms with E-state index in [1.54, 1.807) is 62.1 Å². The second-order valence-electron chi connectivity index (χ2n) is 9.32.